The van der Waals surface area contributed by atoms with Crippen molar-refractivity contribution in [2.45, 2.75) is 45.7 Å². The highest BCUT2D eigenvalue weighted by Gasteiger charge is 2.30. The molecule has 0 saturated carbocycles. The molecule has 2 fully saturated rings. The third-order valence-corrected chi connectivity index (χ3v) is 6.59. The van der Waals surface area contributed by atoms with Crippen LogP contribution in [-0.4, -0.2) is 35.7 Å². The minimum Gasteiger partial charge on any atom is -0.348 e. The zero-order valence-corrected chi connectivity index (χ0v) is 18.6. The highest BCUT2D eigenvalue weighted by molar-refractivity contribution is 6.03. The van der Waals surface area contributed by atoms with E-state index < -0.39 is 0 Å². The Bertz CT molecular complexity index is 978. The number of amides is 3. The molecule has 0 radical (unpaired) electrons. The third-order valence-electron chi connectivity index (χ3n) is 6.59. The molecule has 0 bridgehead atoms. The topological polar surface area (TPSA) is 78.5 Å². The number of hydrogen-bond donors (Lipinski definition) is 2. The lowest BCUT2D eigenvalue weighted by Crippen LogP contribution is -2.33. The van der Waals surface area contributed by atoms with Gasteiger partial charge in [-0.05, 0) is 67.1 Å². The van der Waals surface area contributed by atoms with Crippen molar-refractivity contribution in [2.75, 3.05) is 13.1 Å². The molecule has 3 amide bonds. The lowest BCUT2D eigenvalue weighted by atomic mass is 9.97. The molecule has 2 saturated heterocycles. The average Bonchev–Trinajstić information content (AvgIpc) is 3.11. The van der Waals surface area contributed by atoms with Crippen molar-refractivity contribution < 1.29 is 14.4 Å². The molecule has 1 atom stereocenters. The van der Waals surface area contributed by atoms with Gasteiger partial charge in [-0.3, -0.25) is 24.6 Å². The Morgan fingerprint density at radius 3 is 2.38 bits per heavy atom. The van der Waals surface area contributed by atoms with Gasteiger partial charge in [-0.15, -0.1) is 0 Å². The number of nitrogens with one attached hydrogen (secondary N) is 2. The average molecular weight is 434 g/mol. The van der Waals surface area contributed by atoms with Crippen LogP contribution >= 0.6 is 0 Å². The molecule has 6 nitrogen and oxygen atoms in total. The number of rotatable bonds is 7. The van der Waals surface area contributed by atoms with Crippen LogP contribution in [0.25, 0.3) is 0 Å². The minimum atomic E-state index is -0.318. The van der Waals surface area contributed by atoms with E-state index in [1.54, 1.807) is 12.1 Å². The summed E-state index contributed by atoms with van der Waals surface area (Å²) >= 11 is 0. The van der Waals surface area contributed by atoms with Crippen molar-refractivity contribution in [2.24, 2.45) is 11.8 Å². The highest BCUT2D eigenvalue weighted by atomic mass is 16.2. The fraction of sp³-hybridized carbons (Fsp3) is 0.423. The second kappa shape index (κ2) is 10.1. The number of hydrogen-bond acceptors (Lipinski definition) is 4. The first kappa shape index (κ1) is 22.2. The van der Waals surface area contributed by atoms with Gasteiger partial charge < -0.3 is 5.32 Å². The summed E-state index contributed by atoms with van der Waals surface area (Å²) in [4.78, 5) is 38.3. The monoisotopic (exact) mass is 433 g/mol. The number of likely N-dealkylation sites (tertiary alicyclic amines) is 1. The smallest absolute Gasteiger partial charge is 0.251 e. The summed E-state index contributed by atoms with van der Waals surface area (Å²) in [6.07, 6.45) is 3.23. The lowest BCUT2D eigenvalue weighted by Gasteiger charge is -2.30. The number of nitrogens with zero attached hydrogens (tertiary/aromatic N) is 1. The van der Waals surface area contributed by atoms with Crippen LogP contribution in [0.3, 0.4) is 0 Å². The fourth-order valence-electron chi connectivity index (χ4n) is 4.47. The van der Waals surface area contributed by atoms with E-state index in [1.807, 2.05) is 18.2 Å². The number of piperidine rings is 1. The summed E-state index contributed by atoms with van der Waals surface area (Å²) in [5.41, 5.74) is 3.94. The normalized spacial score (nSPS) is 19.7. The Balaban J connectivity index is 1.32. The number of benzene rings is 2. The van der Waals surface area contributed by atoms with Gasteiger partial charge in [0.25, 0.3) is 5.91 Å². The molecule has 2 heterocycles. The van der Waals surface area contributed by atoms with Crippen LogP contribution in [0, 0.1) is 11.8 Å². The molecule has 1 unspecified atom stereocenters. The second-order valence-electron chi connectivity index (χ2n) is 9.12. The van der Waals surface area contributed by atoms with Crippen molar-refractivity contribution in [3.63, 3.8) is 0 Å². The highest BCUT2D eigenvalue weighted by Crippen LogP contribution is 2.20. The number of carbonyl (C=O) groups excluding carboxylic acids is 3. The van der Waals surface area contributed by atoms with Crippen molar-refractivity contribution in [3.8, 4) is 0 Å². The summed E-state index contributed by atoms with van der Waals surface area (Å²) in [6, 6.07) is 15.6. The van der Waals surface area contributed by atoms with E-state index in [1.165, 1.54) is 18.4 Å². The van der Waals surface area contributed by atoms with Gasteiger partial charge in [-0.2, -0.15) is 0 Å². The Morgan fingerprint density at radius 1 is 1.03 bits per heavy atom. The van der Waals surface area contributed by atoms with Gasteiger partial charge in [0.1, 0.15) is 0 Å². The van der Waals surface area contributed by atoms with Crippen LogP contribution < -0.4 is 10.6 Å². The predicted molar refractivity (Wildman–Crippen MR) is 123 cm³/mol. The van der Waals surface area contributed by atoms with Gasteiger partial charge in [-0.25, -0.2) is 0 Å². The summed E-state index contributed by atoms with van der Waals surface area (Å²) in [5.74, 6) is -0.0561. The van der Waals surface area contributed by atoms with Crippen LogP contribution in [0.2, 0.25) is 0 Å². The van der Waals surface area contributed by atoms with E-state index in [4.69, 9.17) is 0 Å². The van der Waals surface area contributed by atoms with Crippen LogP contribution in [0.15, 0.2) is 48.5 Å². The van der Waals surface area contributed by atoms with Gasteiger partial charge in [0.05, 0.1) is 5.92 Å². The minimum absolute atomic E-state index is 0.119. The molecular weight excluding hydrogens is 402 g/mol. The molecule has 6 heteroatoms. The maximum absolute atomic E-state index is 12.7. The van der Waals surface area contributed by atoms with Crippen LogP contribution in [0.5, 0.6) is 0 Å². The molecule has 2 N–H and O–H groups in total. The van der Waals surface area contributed by atoms with Gasteiger partial charge in [0.2, 0.25) is 11.8 Å². The fourth-order valence-corrected chi connectivity index (χ4v) is 4.47. The zero-order valence-electron chi connectivity index (χ0n) is 18.6. The molecule has 0 aromatic heterocycles. The predicted octanol–water partition coefficient (Wildman–Crippen LogP) is 3.05. The molecular formula is C26H31N3O3. The summed E-state index contributed by atoms with van der Waals surface area (Å²) in [7, 11) is 0. The largest absolute Gasteiger partial charge is 0.348 e. The summed E-state index contributed by atoms with van der Waals surface area (Å²) in [5, 5.41) is 5.38. The first-order valence-electron chi connectivity index (χ1n) is 11.5. The maximum Gasteiger partial charge on any atom is 0.251 e. The maximum atomic E-state index is 12.7. The van der Waals surface area contributed by atoms with Gasteiger partial charge in [0, 0.05) is 25.1 Å². The zero-order chi connectivity index (χ0) is 22.5. The lowest BCUT2D eigenvalue weighted by molar-refractivity contribution is -0.125. The van der Waals surface area contributed by atoms with E-state index in [-0.39, 0.29) is 30.1 Å². The Kier molecular flexibility index (Phi) is 7.00. The first-order valence-corrected chi connectivity index (χ1v) is 11.5. The van der Waals surface area contributed by atoms with Crippen LogP contribution in [0.4, 0.5) is 0 Å². The molecule has 0 aliphatic carbocycles. The van der Waals surface area contributed by atoms with E-state index >= 15 is 0 Å². The van der Waals surface area contributed by atoms with Crippen molar-refractivity contribution in [1.82, 2.24) is 15.5 Å². The van der Waals surface area contributed by atoms with Crippen LogP contribution in [-0.2, 0) is 29.1 Å². The molecule has 0 spiro atoms. The number of carbonyl (C=O) groups is 3. The molecule has 2 aromatic rings. The SMILES string of the molecule is CC1CCN(Cc2ccccc2CNC(=O)c2ccc(CC3CC(=O)NC3=O)cc2)CC1. The van der Waals surface area contributed by atoms with Crippen LogP contribution in [0.1, 0.15) is 53.2 Å². The van der Waals surface area contributed by atoms with Gasteiger partial charge in [0.15, 0.2) is 0 Å². The molecule has 168 valence electrons. The third kappa shape index (κ3) is 5.62. The Morgan fingerprint density at radius 2 is 1.72 bits per heavy atom. The summed E-state index contributed by atoms with van der Waals surface area (Å²) in [6.45, 7) is 5.99. The van der Waals surface area contributed by atoms with E-state index in [0.717, 1.165) is 36.7 Å². The van der Waals surface area contributed by atoms with E-state index in [0.29, 0.717) is 18.5 Å². The van der Waals surface area contributed by atoms with Gasteiger partial charge in [-0.1, -0.05) is 43.3 Å². The van der Waals surface area contributed by atoms with Gasteiger partial charge >= 0.3 is 0 Å². The quantitative estimate of drug-likeness (QED) is 0.658. The molecule has 32 heavy (non-hydrogen) atoms. The van der Waals surface area contributed by atoms with E-state index in [2.05, 4.69) is 40.7 Å². The van der Waals surface area contributed by atoms with Crippen molar-refractivity contribution in [3.05, 3.63) is 70.8 Å². The molecule has 2 aromatic carbocycles. The van der Waals surface area contributed by atoms with Crippen molar-refractivity contribution >= 4 is 17.7 Å². The second-order valence-corrected chi connectivity index (χ2v) is 9.12. The Labute approximate surface area is 189 Å². The molecule has 2 aliphatic heterocycles. The standard InChI is InChI=1S/C26H31N3O3/c1-18-10-12-29(13-11-18)17-22-5-3-2-4-21(22)16-27-25(31)20-8-6-19(7-9-20)14-23-15-24(30)28-26(23)32/h2-9,18,23H,10-17H2,1H3,(H,27,31)(H,28,30,32). The summed E-state index contributed by atoms with van der Waals surface area (Å²) < 4.78 is 0. The first-order chi connectivity index (χ1) is 15.5. The van der Waals surface area contributed by atoms with Crippen molar-refractivity contribution in [1.29, 1.82) is 0 Å². The van der Waals surface area contributed by atoms with E-state index in [9.17, 15) is 14.4 Å². The molecule has 4 rings (SSSR count). The Hall–Kier alpha value is -2.99. The molecule has 2 aliphatic rings. The number of imide groups is 1.